The first-order valence-corrected chi connectivity index (χ1v) is 11.1. The van der Waals surface area contributed by atoms with E-state index in [0.717, 1.165) is 16.1 Å². The van der Waals surface area contributed by atoms with E-state index in [1.807, 2.05) is 31.2 Å². The van der Waals surface area contributed by atoms with Crippen LogP contribution in [0.15, 0.2) is 42.5 Å². The fourth-order valence-corrected chi connectivity index (χ4v) is 3.72. The number of carbonyl (C=O) groups excluding carboxylic acids is 1. The van der Waals surface area contributed by atoms with Crippen molar-refractivity contribution in [3.63, 3.8) is 0 Å². The molecule has 1 amide bonds. The normalized spacial score (nSPS) is 12.3. The minimum absolute atomic E-state index is 0.0677. The maximum absolute atomic E-state index is 12.4. The topological polar surface area (TPSA) is 75.7 Å². The minimum atomic E-state index is -3.75. The third kappa shape index (κ3) is 6.29. The monoisotopic (exact) mass is 444 g/mol. The zero-order valence-corrected chi connectivity index (χ0v) is 18.1. The number of rotatable bonds is 8. The standard InChI is InChI=1S/C19H22Cl2N2O4S/c1-13-7-9-15(10-8-13)27-12-14(2)22-18(24)11-23(28(3,25)26)17-6-4-5-16(20)19(17)21/h4-10,14H,11-12H2,1-3H3,(H,22,24)/t14-/m1/s1. The average Bonchev–Trinajstić information content (AvgIpc) is 2.61. The van der Waals surface area contributed by atoms with Gasteiger partial charge in [-0.25, -0.2) is 8.42 Å². The summed E-state index contributed by atoms with van der Waals surface area (Å²) in [7, 11) is -3.75. The van der Waals surface area contributed by atoms with Gasteiger partial charge in [0.05, 0.1) is 28.0 Å². The smallest absolute Gasteiger partial charge is 0.241 e. The Bertz CT molecular complexity index is 933. The lowest BCUT2D eigenvalue weighted by Crippen LogP contribution is -2.45. The predicted molar refractivity (Wildman–Crippen MR) is 113 cm³/mol. The Kier molecular flexibility index (Phi) is 7.57. The number of amides is 1. The molecule has 1 N–H and O–H groups in total. The second-order valence-electron chi connectivity index (χ2n) is 6.44. The number of ether oxygens (including phenoxy) is 1. The van der Waals surface area contributed by atoms with Crippen LogP contribution in [0.2, 0.25) is 10.0 Å². The summed E-state index contributed by atoms with van der Waals surface area (Å²) in [6.45, 7) is 3.56. The summed E-state index contributed by atoms with van der Waals surface area (Å²) in [6.07, 6.45) is 1.00. The van der Waals surface area contributed by atoms with Crippen LogP contribution < -0.4 is 14.4 Å². The van der Waals surface area contributed by atoms with E-state index in [1.54, 1.807) is 19.1 Å². The number of hydrogen-bond donors (Lipinski definition) is 1. The van der Waals surface area contributed by atoms with Gasteiger partial charge < -0.3 is 10.1 Å². The Labute approximate surface area is 175 Å². The van der Waals surface area contributed by atoms with Crippen LogP contribution in [-0.2, 0) is 14.8 Å². The molecule has 0 aromatic heterocycles. The lowest BCUT2D eigenvalue weighted by molar-refractivity contribution is -0.120. The Hall–Kier alpha value is -1.96. The van der Waals surface area contributed by atoms with Crippen LogP contribution in [0.5, 0.6) is 5.75 Å². The molecule has 0 heterocycles. The van der Waals surface area contributed by atoms with E-state index in [1.165, 1.54) is 6.07 Å². The van der Waals surface area contributed by atoms with E-state index in [9.17, 15) is 13.2 Å². The second kappa shape index (κ2) is 9.49. The molecule has 9 heteroatoms. The van der Waals surface area contributed by atoms with Crippen molar-refractivity contribution in [1.29, 1.82) is 0 Å². The molecule has 152 valence electrons. The van der Waals surface area contributed by atoms with Gasteiger partial charge in [-0.1, -0.05) is 47.0 Å². The molecule has 0 aliphatic heterocycles. The highest BCUT2D eigenvalue weighted by Crippen LogP contribution is 2.33. The fourth-order valence-electron chi connectivity index (χ4n) is 2.41. The summed E-state index contributed by atoms with van der Waals surface area (Å²) >= 11 is 12.1. The highest BCUT2D eigenvalue weighted by atomic mass is 35.5. The first kappa shape index (κ1) is 22.3. The highest BCUT2D eigenvalue weighted by Gasteiger charge is 2.24. The number of nitrogens with one attached hydrogen (secondary N) is 1. The van der Waals surface area contributed by atoms with Crippen LogP contribution in [0.1, 0.15) is 12.5 Å². The number of nitrogens with zero attached hydrogens (tertiary/aromatic N) is 1. The van der Waals surface area contributed by atoms with Crippen LogP contribution in [0, 0.1) is 6.92 Å². The van der Waals surface area contributed by atoms with E-state index < -0.39 is 22.5 Å². The molecule has 0 saturated heterocycles. The maximum Gasteiger partial charge on any atom is 0.241 e. The number of aryl methyl sites for hydroxylation is 1. The fraction of sp³-hybridized carbons (Fsp3) is 0.316. The van der Waals surface area contributed by atoms with E-state index in [4.69, 9.17) is 27.9 Å². The molecule has 2 rings (SSSR count). The molecule has 0 aliphatic rings. The molecular formula is C19H22Cl2N2O4S. The van der Waals surface area contributed by atoms with Crippen LogP contribution in [0.25, 0.3) is 0 Å². The average molecular weight is 445 g/mol. The van der Waals surface area contributed by atoms with Crippen LogP contribution in [-0.4, -0.2) is 39.8 Å². The lowest BCUT2D eigenvalue weighted by Gasteiger charge is -2.24. The summed E-state index contributed by atoms with van der Waals surface area (Å²) < 4.78 is 30.9. The van der Waals surface area contributed by atoms with Crippen molar-refractivity contribution in [3.8, 4) is 5.75 Å². The van der Waals surface area contributed by atoms with Crippen molar-refractivity contribution in [2.45, 2.75) is 19.9 Å². The van der Waals surface area contributed by atoms with Crippen molar-refractivity contribution in [1.82, 2.24) is 5.32 Å². The number of carbonyl (C=O) groups is 1. The first-order valence-electron chi connectivity index (χ1n) is 8.48. The summed E-state index contributed by atoms with van der Waals surface area (Å²) in [5.74, 6) is 0.205. The highest BCUT2D eigenvalue weighted by molar-refractivity contribution is 7.92. The Balaban J connectivity index is 2.01. The molecule has 28 heavy (non-hydrogen) atoms. The van der Waals surface area contributed by atoms with Crippen molar-refractivity contribution in [2.24, 2.45) is 0 Å². The number of halogens is 2. The Morgan fingerprint density at radius 3 is 2.43 bits per heavy atom. The Morgan fingerprint density at radius 1 is 1.18 bits per heavy atom. The molecule has 2 aromatic rings. The third-order valence-corrected chi connectivity index (χ3v) is 5.75. The predicted octanol–water partition coefficient (Wildman–Crippen LogP) is 3.65. The number of hydrogen-bond acceptors (Lipinski definition) is 4. The Morgan fingerprint density at radius 2 is 1.82 bits per heavy atom. The van der Waals surface area contributed by atoms with Crippen LogP contribution in [0.3, 0.4) is 0 Å². The summed E-state index contributed by atoms with van der Waals surface area (Å²) in [4.78, 5) is 12.4. The van der Waals surface area contributed by atoms with Gasteiger partial charge in [-0.15, -0.1) is 0 Å². The lowest BCUT2D eigenvalue weighted by atomic mass is 10.2. The summed E-state index contributed by atoms with van der Waals surface area (Å²) in [6, 6.07) is 11.8. The largest absolute Gasteiger partial charge is 0.491 e. The molecule has 0 saturated carbocycles. The minimum Gasteiger partial charge on any atom is -0.491 e. The molecule has 1 atom stereocenters. The van der Waals surface area contributed by atoms with Crippen molar-refractivity contribution >= 4 is 44.8 Å². The number of sulfonamides is 1. The molecular weight excluding hydrogens is 423 g/mol. The van der Waals surface area contributed by atoms with E-state index in [0.29, 0.717) is 5.75 Å². The molecule has 0 aliphatic carbocycles. The van der Waals surface area contributed by atoms with Crippen LogP contribution in [0.4, 0.5) is 5.69 Å². The van der Waals surface area contributed by atoms with Gasteiger partial charge in [0.15, 0.2) is 0 Å². The van der Waals surface area contributed by atoms with Gasteiger partial charge in [-0.05, 0) is 38.1 Å². The molecule has 2 aromatic carbocycles. The van der Waals surface area contributed by atoms with Gasteiger partial charge in [0.2, 0.25) is 15.9 Å². The third-order valence-electron chi connectivity index (χ3n) is 3.82. The molecule has 0 unspecified atom stereocenters. The molecule has 0 radical (unpaired) electrons. The van der Waals surface area contributed by atoms with Gasteiger partial charge in [-0.3, -0.25) is 9.10 Å². The quantitative estimate of drug-likeness (QED) is 0.673. The van der Waals surface area contributed by atoms with E-state index in [2.05, 4.69) is 5.32 Å². The summed E-state index contributed by atoms with van der Waals surface area (Å²) in [5.41, 5.74) is 1.27. The van der Waals surface area contributed by atoms with Crippen LogP contribution >= 0.6 is 23.2 Å². The SMILES string of the molecule is Cc1ccc(OC[C@@H](C)NC(=O)CN(c2cccc(Cl)c2Cl)S(C)(=O)=O)cc1. The first-order chi connectivity index (χ1) is 13.1. The zero-order chi connectivity index (χ0) is 20.9. The zero-order valence-electron chi connectivity index (χ0n) is 15.8. The molecule has 0 bridgehead atoms. The van der Waals surface area contributed by atoms with Crippen molar-refractivity contribution < 1.29 is 17.9 Å². The molecule has 0 fully saturated rings. The van der Waals surface area contributed by atoms with E-state index >= 15 is 0 Å². The van der Waals surface area contributed by atoms with Gasteiger partial charge >= 0.3 is 0 Å². The van der Waals surface area contributed by atoms with Gasteiger partial charge in [0, 0.05) is 0 Å². The van der Waals surface area contributed by atoms with Gasteiger partial charge in [0.25, 0.3) is 0 Å². The summed E-state index contributed by atoms with van der Waals surface area (Å²) in [5, 5.41) is 2.99. The van der Waals surface area contributed by atoms with Gasteiger partial charge in [-0.2, -0.15) is 0 Å². The second-order valence-corrected chi connectivity index (χ2v) is 9.13. The maximum atomic E-state index is 12.4. The number of benzene rings is 2. The molecule has 6 nitrogen and oxygen atoms in total. The molecule has 0 spiro atoms. The van der Waals surface area contributed by atoms with Crippen molar-refractivity contribution in [3.05, 3.63) is 58.1 Å². The number of anilines is 1. The van der Waals surface area contributed by atoms with E-state index in [-0.39, 0.29) is 28.4 Å². The van der Waals surface area contributed by atoms with Crippen molar-refractivity contribution in [2.75, 3.05) is 23.7 Å². The van der Waals surface area contributed by atoms with Gasteiger partial charge in [0.1, 0.15) is 18.9 Å².